The lowest BCUT2D eigenvalue weighted by molar-refractivity contribution is -0.137. The van der Waals surface area contributed by atoms with E-state index in [-0.39, 0.29) is 0 Å². The second kappa shape index (κ2) is 6.88. The highest BCUT2D eigenvalue weighted by Gasteiger charge is 2.30. The van der Waals surface area contributed by atoms with Gasteiger partial charge < -0.3 is 9.30 Å². The van der Waals surface area contributed by atoms with Gasteiger partial charge in [0, 0.05) is 26.4 Å². The second-order valence-electron chi connectivity index (χ2n) is 6.70. The lowest BCUT2D eigenvalue weighted by atomic mass is 10.1. The van der Waals surface area contributed by atoms with E-state index in [0.717, 1.165) is 18.2 Å². The van der Waals surface area contributed by atoms with Crippen LogP contribution in [-0.2, 0) is 17.6 Å². The summed E-state index contributed by atoms with van der Waals surface area (Å²) in [7, 11) is -1.11. The van der Waals surface area contributed by atoms with Gasteiger partial charge in [-0.15, -0.1) is 0 Å². The Kier molecular flexibility index (Phi) is 5.31. The molecule has 0 radical (unpaired) electrons. The first kappa shape index (κ1) is 17.7. The van der Waals surface area contributed by atoms with Crippen molar-refractivity contribution in [1.29, 1.82) is 0 Å². The molecule has 126 valence electrons. The molecule has 23 heavy (non-hydrogen) atoms. The minimum absolute atomic E-state index is 0.401. The fraction of sp³-hybridized carbons (Fsp3) is 0.438. The zero-order chi connectivity index (χ0) is 17.1. The normalized spacial score (nSPS) is 12.6. The van der Waals surface area contributed by atoms with Crippen molar-refractivity contribution >= 4 is 8.07 Å². The molecule has 0 aliphatic heterocycles. The number of rotatable bonds is 6. The topological polar surface area (TPSA) is 27.1 Å². The van der Waals surface area contributed by atoms with Crippen molar-refractivity contribution in [3.63, 3.8) is 0 Å². The maximum atomic E-state index is 12.5. The number of nitrogens with zero attached hydrogens (tertiary/aromatic N) is 2. The van der Waals surface area contributed by atoms with Gasteiger partial charge in [-0.2, -0.15) is 13.2 Å². The molecule has 1 aromatic carbocycles. The van der Waals surface area contributed by atoms with E-state index >= 15 is 0 Å². The summed E-state index contributed by atoms with van der Waals surface area (Å²) in [4.78, 5) is 4.22. The van der Waals surface area contributed by atoms with E-state index in [1.54, 1.807) is 17.1 Å². The fourth-order valence-electron chi connectivity index (χ4n) is 1.96. The molecule has 0 fully saturated rings. The van der Waals surface area contributed by atoms with Crippen LogP contribution in [0.2, 0.25) is 25.7 Å². The molecule has 0 bridgehead atoms. The molecule has 0 atom stereocenters. The molecule has 1 aromatic heterocycles. The number of hydrogen-bond acceptors (Lipinski definition) is 2. The molecule has 3 nitrogen and oxygen atoms in total. The van der Waals surface area contributed by atoms with Gasteiger partial charge >= 0.3 is 6.18 Å². The van der Waals surface area contributed by atoms with E-state index in [4.69, 9.17) is 4.74 Å². The van der Waals surface area contributed by atoms with Crippen LogP contribution in [0.3, 0.4) is 0 Å². The van der Waals surface area contributed by atoms with Gasteiger partial charge in [-0.05, 0) is 18.2 Å². The molecule has 0 spiro atoms. The minimum Gasteiger partial charge on any atom is -0.361 e. The monoisotopic (exact) mass is 342 g/mol. The van der Waals surface area contributed by atoms with Crippen LogP contribution in [-0.4, -0.2) is 24.2 Å². The minimum atomic E-state index is -4.32. The summed E-state index contributed by atoms with van der Waals surface area (Å²) in [5, 5.41) is 0. The Morgan fingerprint density at radius 2 is 1.78 bits per heavy atom. The highest BCUT2D eigenvalue weighted by Crippen LogP contribution is 2.30. The highest BCUT2D eigenvalue weighted by molar-refractivity contribution is 6.76. The van der Waals surface area contributed by atoms with Gasteiger partial charge in [0.25, 0.3) is 0 Å². The molecule has 0 N–H and O–H groups in total. The molecule has 0 unspecified atom stereocenters. The number of halogens is 3. The summed E-state index contributed by atoms with van der Waals surface area (Å²) in [5.41, 5.74) is 0.627. The van der Waals surface area contributed by atoms with Crippen molar-refractivity contribution in [3.05, 3.63) is 42.4 Å². The number of aromatic nitrogens is 2. The lowest BCUT2D eigenvalue weighted by Crippen LogP contribution is -2.21. The Morgan fingerprint density at radius 3 is 2.35 bits per heavy atom. The molecule has 2 rings (SSSR count). The third-order valence-electron chi connectivity index (χ3n) is 3.38. The summed E-state index contributed by atoms with van der Waals surface area (Å²) in [6.45, 7) is 7.98. The molecule has 0 aliphatic rings. The van der Waals surface area contributed by atoms with Crippen LogP contribution in [0, 0.1) is 0 Å². The Morgan fingerprint density at radius 1 is 1.13 bits per heavy atom. The molecule has 0 saturated carbocycles. The van der Waals surface area contributed by atoms with Gasteiger partial charge in [-0.1, -0.05) is 31.8 Å². The second-order valence-corrected chi connectivity index (χ2v) is 12.3. The number of imidazole rings is 1. The largest absolute Gasteiger partial charge is 0.416 e. The average Bonchev–Trinajstić information content (AvgIpc) is 2.91. The van der Waals surface area contributed by atoms with Crippen LogP contribution < -0.4 is 0 Å². The van der Waals surface area contributed by atoms with Crippen LogP contribution in [0.1, 0.15) is 5.56 Å². The van der Waals surface area contributed by atoms with Crippen LogP contribution in [0.15, 0.2) is 36.8 Å². The maximum Gasteiger partial charge on any atom is 0.416 e. The SMILES string of the molecule is C[Si](C)(C)CCOCn1cnc(-c2ccc(C(F)(F)F)cc2)c1. The summed E-state index contributed by atoms with van der Waals surface area (Å²) in [6.07, 6.45) is -0.916. The van der Waals surface area contributed by atoms with Crippen molar-refractivity contribution in [1.82, 2.24) is 9.55 Å². The first-order valence-electron chi connectivity index (χ1n) is 7.42. The van der Waals surface area contributed by atoms with Gasteiger partial charge in [0.2, 0.25) is 0 Å². The molecule has 1 heterocycles. The Labute approximate surface area is 135 Å². The first-order valence-corrected chi connectivity index (χ1v) is 11.1. The maximum absolute atomic E-state index is 12.5. The van der Waals surface area contributed by atoms with Crippen molar-refractivity contribution in [2.45, 2.75) is 38.6 Å². The Balaban J connectivity index is 1.94. The predicted octanol–water partition coefficient (Wildman–Crippen LogP) is 4.88. The van der Waals surface area contributed by atoms with E-state index in [2.05, 4.69) is 24.6 Å². The quantitative estimate of drug-likeness (QED) is 0.552. The summed E-state index contributed by atoms with van der Waals surface area (Å²) < 4.78 is 45.1. The molecule has 0 amide bonds. The molecule has 0 saturated heterocycles. The molecular formula is C16H21F3N2OSi. The van der Waals surface area contributed by atoms with E-state index in [1.165, 1.54) is 12.1 Å². The van der Waals surface area contributed by atoms with Crippen LogP contribution >= 0.6 is 0 Å². The van der Waals surface area contributed by atoms with E-state index in [0.29, 0.717) is 24.6 Å². The van der Waals surface area contributed by atoms with Gasteiger partial charge in [0.05, 0.1) is 17.6 Å². The fourth-order valence-corrected chi connectivity index (χ4v) is 2.71. The number of hydrogen-bond donors (Lipinski definition) is 0. The van der Waals surface area contributed by atoms with Gasteiger partial charge in [-0.3, -0.25) is 0 Å². The van der Waals surface area contributed by atoms with Gasteiger partial charge in [0.15, 0.2) is 0 Å². The number of benzene rings is 1. The Bertz CT molecular complexity index is 630. The zero-order valence-electron chi connectivity index (χ0n) is 13.5. The molecule has 7 heteroatoms. The van der Waals surface area contributed by atoms with E-state index in [9.17, 15) is 13.2 Å². The van der Waals surface area contributed by atoms with Crippen LogP contribution in [0.25, 0.3) is 11.3 Å². The first-order chi connectivity index (χ1) is 10.6. The van der Waals surface area contributed by atoms with Crippen molar-refractivity contribution in [2.24, 2.45) is 0 Å². The van der Waals surface area contributed by atoms with Crippen LogP contribution in [0.5, 0.6) is 0 Å². The van der Waals surface area contributed by atoms with Gasteiger partial charge in [-0.25, -0.2) is 4.98 Å². The summed E-state index contributed by atoms with van der Waals surface area (Å²) >= 11 is 0. The number of ether oxygens (including phenoxy) is 1. The predicted molar refractivity (Wildman–Crippen MR) is 86.8 cm³/mol. The standard InChI is InChI=1S/C16H21F3N2OSi/c1-23(2,3)9-8-22-12-21-10-15(20-11-21)13-4-6-14(7-5-13)16(17,18)19/h4-7,10-11H,8-9,12H2,1-3H3. The van der Waals surface area contributed by atoms with Crippen LogP contribution in [0.4, 0.5) is 13.2 Å². The third kappa shape index (κ3) is 5.51. The smallest absolute Gasteiger partial charge is 0.361 e. The van der Waals surface area contributed by atoms with Gasteiger partial charge in [0.1, 0.15) is 6.73 Å². The lowest BCUT2D eigenvalue weighted by Gasteiger charge is -2.15. The van der Waals surface area contributed by atoms with Crippen molar-refractivity contribution < 1.29 is 17.9 Å². The summed E-state index contributed by atoms with van der Waals surface area (Å²) in [5.74, 6) is 0. The average molecular weight is 342 g/mol. The zero-order valence-corrected chi connectivity index (χ0v) is 14.5. The highest BCUT2D eigenvalue weighted by atomic mass is 28.3. The Hall–Kier alpha value is -1.60. The molecule has 2 aromatic rings. The molecule has 0 aliphatic carbocycles. The van der Waals surface area contributed by atoms with E-state index in [1.807, 2.05) is 0 Å². The summed E-state index contributed by atoms with van der Waals surface area (Å²) in [6, 6.07) is 6.09. The third-order valence-corrected chi connectivity index (χ3v) is 5.08. The number of alkyl halides is 3. The van der Waals surface area contributed by atoms with Crippen molar-refractivity contribution in [2.75, 3.05) is 6.61 Å². The molecular weight excluding hydrogens is 321 g/mol. The van der Waals surface area contributed by atoms with E-state index < -0.39 is 19.8 Å². The van der Waals surface area contributed by atoms with Crippen molar-refractivity contribution in [3.8, 4) is 11.3 Å².